The maximum atomic E-state index is 13.8. The number of hydrogen-bond acceptors (Lipinski definition) is 3. The van der Waals surface area contributed by atoms with E-state index < -0.39 is 0 Å². The summed E-state index contributed by atoms with van der Waals surface area (Å²) in [5.41, 5.74) is 0.558. The minimum Gasteiger partial charge on any atom is -0.332 e. The minimum atomic E-state index is -0.367. The second kappa shape index (κ2) is 7.21. The molecule has 1 heterocycles. The van der Waals surface area contributed by atoms with Gasteiger partial charge in [-0.25, -0.2) is 4.39 Å². The third-order valence-electron chi connectivity index (χ3n) is 3.55. The molecule has 0 aliphatic rings. The molecule has 4 nitrogen and oxygen atoms in total. The van der Waals surface area contributed by atoms with Crippen LogP contribution in [0.15, 0.2) is 48.5 Å². The Morgan fingerprint density at radius 3 is 2.68 bits per heavy atom. The molecule has 0 aliphatic heterocycles. The molecular formula is C18H14ClFN2O2S. The normalized spacial score (nSPS) is 10.7. The highest BCUT2D eigenvalue weighted by atomic mass is 35.5. The molecule has 128 valence electrons. The molecule has 25 heavy (non-hydrogen) atoms. The first-order valence-electron chi connectivity index (χ1n) is 7.43. The standard InChI is InChI=1S/C18H14ClFN2O2S/c1-22(10-17(23)21-12-5-2-4-11(19)8-12)18(24)16-9-13-14(20)6-3-7-15(13)25-16/h2-9H,10H2,1H3,(H,21,23). The lowest BCUT2D eigenvalue weighted by Crippen LogP contribution is -2.34. The average Bonchev–Trinajstić information content (AvgIpc) is 2.99. The van der Waals surface area contributed by atoms with Crippen LogP contribution in [0.3, 0.4) is 0 Å². The summed E-state index contributed by atoms with van der Waals surface area (Å²) in [6.45, 7) is -0.123. The summed E-state index contributed by atoms with van der Waals surface area (Å²) < 4.78 is 14.5. The van der Waals surface area contributed by atoms with Gasteiger partial charge in [-0.15, -0.1) is 11.3 Å². The number of thiophene rings is 1. The van der Waals surface area contributed by atoms with Crippen LogP contribution in [0.4, 0.5) is 10.1 Å². The number of fused-ring (bicyclic) bond motifs is 1. The van der Waals surface area contributed by atoms with E-state index >= 15 is 0 Å². The Hall–Kier alpha value is -2.44. The molecule has 2 aromatic carbocycles. The van der Waals surface area contributed by atoms with Gasteiger partial charge in [0.1, 0.15) is 5.82 Å². The van der Waals surface area contributed by atoms with Crippen LogP contribution in [0, 0.1) is 5.82 Å². The SMILES string of the molecule is CN(CC(=O)Nc1cccc(Cl)c1)C(=O)c1cc2c(F)cccc2s1. The maximum absolute atomic E-state index is 13.8. The highest BCUT2D eigenvalue weighted by Crippen LogP contribution is 2.28. The van der Waals surface area contributed by atoms with E-state index in [-0.39, 0.29) is 24.2 Å². The van der Waals surface area contributed by atoms with Crippen LogP contribution >= 0.6 is 22.9 Å². The third kappa shape index (κ3) is 3.97. The van der Waals surface area contributed by atoms with Crippen molar-refractivity contribution in [2.45, 2.75) is 0 Å². The number of halogens is 2. The van der Waals surface area contributed by atoms with Gasteiger partial charge in [0, 0.05) is 27.8 Å². The largest absolute Gasteiger partial charge is 0.332 e. The molecular weight excluding hydrogens is 363 g/mol. The van der Waals surface area contributed by atoms with Gasteiger partial charge < -0.3 is 10.2 Å². The van der Waals surface area contributed by atoms with E-state index in [9.17, 15) is 14.0 Å². The third-order valence-corrected chi connectivity index (χ3v) is 4.88. The first-order valence-corrected chi connectivity index (χ1v) is 8.62. The molecule has 0 saturated heterocycles. The number of amides is 2. The summed E-state index contributed by atoms with van der Waals surface area (Å²) in [7, 11) is 1.53. The summed E-state index contributed by atoms with van der Waals surface area (Å²) >= 11 is 7.07. The topological polar surface area (TPSA) is 49.4 Å². The number of hydrogen-bond donors (Lipinski definition) is 1. The Balaban J connectivity index is 1.69. The average molecular weight is 377 g/mol. The van der Waals surface area contributed by atoms with E-state index in [1.807, 2.05) is 0 Å². The van der Waals surface area contributed by atoms with Crippen molar-refractivity contribution in [3.63, 3.8) is 0 Å². The number of anilines is 1. The lowest BCUT2D eigenvalue weighted by atomic mass is 10.2. The molecule has 2 amide bonds. The highest BCUT2D eigenvalue weighted by molar-refractivity contribution is 7.20. The lowest BCUT2D eigenvalue weighted by molar-refractivity contribution is -0.116. The molecule has 3 rings (SSSR count). The van der Waals surface area contributed by atoms with Crippen molar-refractivity contribution in [1.29, 1.82) is 0 Å². The Bertz CT molecular complexity index is 957. The summed E-state index contributed by atoms with van der Waals surface area (Å²) in [5, 5.41) is 3.60. The number of carbonyl (C=O) groups excluding carboxylic acids is 2. The van der Waals surface area contributed by atoms with Crippen molar-refractivity contribution < 1.29 is 14.0 Å². The van der Waals surface area contributed by atoms with Gasteiger partial charge >= 0.3 is 0 Å². The Kier molecular flexibility index (Phi) is 5.01. The van der Waals surface area contributed by atoms with Crippen molar-refractivity contribution in [2.24, 2.45) is 0 Å². The number of nitrogens with one attached hydrogen (secondary N) is 1. The van der Waals surface area contributed by atoms with Gasteiger partial charge in [-0.05, 0) is 36.4 Å². The molecule has 3 aromatic rings. The number of likely N-dealkylation sites (N-methyl/N-ethyl adjacent to an activating group) is 1. The first-order chi connectivity index (χ1) is 11.9. The van der Waals surface area contributed by atoms with E-state index in [0.29, 0.717) is 25.7 Å². The summed E-state index contributed by atoms with van der Waals surface area (Å²) in [6.07, 6.45) is 0. The minimum absolute atomic E-state index is 0.123. The first kappa shape index (κ1) is 17.4. The van der Waals surface area contributed by atoms with Crippen LogP contribution in [0.25, 0.3) is 10.1 Å². The van der Waals surface area contributed by atoms with Crippen molar-refractivity contribution in [3.05, 3.63) is 64.2 Å². The van der Waals surface area contributed by atoms with Crippen LogP contribution in [0.1, 0.15) is 9.67 Å². The molecule has 1 N–H and O–H groups in total. The number of nitrogens with zero attached hydrogens (tertiary/aromatic N) is 1. The molecule has 0 radical (unpaired) electrons. The van der Waals surface area contributed by atoms with Gasteiger partial charge in [0.05, 0.1) is 11.4 Å². The van der Waals surface area contributed by atoms with Gasteiger partial charge in [0.2, 0.25) is 5.91 Å². The van der Waals surface area contributed by atoms with Crippen LogP contribution in [-0.4, -0.2) is 30.3 Å². The van der Waals surface area contributed by atoms with Gasteiger partial charge in [0.15, 0.2) is 0 Å². The van der Waals surface area contributed by atoms with Gasteiger partial charge in [-0.3, -0.25) is 9.59 Å². The molecule has 0 atom stereocenters. The maximum Gasteiger partial charge on any atom is 0.264 e. The predicted octanol–water partition coefficient (Wildman–Crippen LogP) is 4.40. The fraction of sp³-hybridized carbons (Fsp3) is 0.111. The monoisotopic (exact) mass is 376 g/mol. The van der Waals surface area contributed by atoms with Gasteiger partial charge in [0.25, 0.3) is 5.91 Å². The van der Waals surface area contributed by atoms with Crippen LogP contribution in [-0.2, 0) is 4.79 Å². The zero-order chi connectivity index (χ0) is 18.0. The molecule has 0 spiro atoms. The molecule has 0 aliphatic carbocycles. The van der Waals surface area contributed by atoms with Crippen molar-refractivity contribution in [1.82, 2.24) is 4.90 Å². The molecule has 0 fully saturated rings. The predicted molar refractivity (Wildman–Crippen MR) is 98.8 cm³/mol. The van der Waals surface area contributed by atoms with E-state index in [0.717, 1.165) is 0 Å². The Labute approximate surface area is 152 Å². The lowest BCUT2D eigenvalue weighted by Gasteiger charge is -2.16. The number of rotatable bonds is 4. The van der Waals surface area contributed by atoms with Gasteiger partial charge in [-0.1, -0.05) is 23.7 Å². The van der Waals surface area contributed by atoms with Crippen LogP contribution in [0.5, 0.6) is 0 Å². The van der Waals surface area contributed by atoms with Crippen LogP contribution in [0.2, 0.25) is 5.02 Å². The fourth-order valence-corrected chi connectivity index (χ4v) is 3.63. The molecule has 0 saturated carbocycles. The number of benzene rings is 2. The van der Waals surface area contributed by atoms with Crippen molar-refractivity contribution in [3.8, 4) is 0 Å². The van der Waals surface area contributed by atoms with Crippen LogP contribution < -0.4 is 5.32 Å². The number of carbonyl (C=O) groups is 2. The molecule has 0 bridgehead atoms. The zero-order valence-corrected chi connectivity index (χ0v) is 14.8. The highest BCUT2D eigenvalue weighted by Gasteiger charge is 2.18. The zero-order valence-electron chi connectivity index (χ0n) is 13.3. The second-order valence-corrected chi connectivity index (χ2v) is 7.00. The van der Waals surface area contributed by atoms with Crippen molar-refractivity contribution in [2.75, 3.05) is 18.9 Å². The summed E-state index contributed by atoms with van der Waals surface area (Å²) in [5.74, 6) is -1.04. The molecule has 7 heteroatoms. The smallest absolute Gasteiger partial charge is 0.264 e. The fourth-order valence-electron chi connectivity index (χ4n) is 2.37. The Morgan fingerprint density at radius 2 is 1.96 bits per heavy atom. The quantitative estimate of drug-likeness (QED) is 0.733. The van der Waals surface area contributed by atoms with Crippen molar-refractivity contribution >= 4 is 50.5 Å². The Morgan fingerprint density at radius 1 is 1.20 bits per heavy atom. The molecule has 1 aromatic heterocycles. The van der Waals surface area contributed by atoms with E-state index in [1.54, 1.807) is 36.4 Å². The second-order valence-electron chi connectivity index (χ2n) is 5.48. The molecule has 0 unspecified atom stereocenters. The summed E-state index contributed by atoms with van der Waals surface area (Å²) in [6, 6.07) is 13.0. The van der Waals surface area contributed by atoms with E-state index in [4.69, 9.17) is 11.6 Å². The van der Waals surface area contributed by atoms with Gasteiger partial charge in [-0.2, -0.15) is 0 Å². The summed E-state index contributed by atoms with van der Waals surface area (Å²) in [4.78, 5) is 26.3. The van der Waals surface area contributed by atoms with E-state index in [2.05, 4.69) is 5.32 Å². The van der Waals surface area contributed by atoms with E-state index in [1.165, 1.54) is 35.4 Å².